The molecular weight excluding hydrogens is 208 g/mol. The maximum atomic E-state index is 11.8. The first kappa shape index (κ1) is 12.8. The van der Waals surface area contributed by atoms with Gasteiger partial charge in [0.2, 0.25) is 0 Å². The van der Waals surface area contributed by atoms with Crippen molar-refractivity contribution in [2.45, 2.75) is 39.2 Å². The van der Waals surface area contributed by atoms with Gasteiger partial charge in [0.25, 0.3) is 0 Å². The van der Waals surface area contributed by atoms with Crippen molar-refractivity contribution in [2.24, 2.45) is 5.92 Å². The Morgan fingerprint density at radius 2 is 1.94 bits per heavy atom. The average molecular weight is 228 g/mol. The number of carboxylic acid groups (broad SMARTS) is 1. The number of hydrogen-bond donors (Lipinski definition) is 2. The van der Waals surface area contributed by atoms with E-state index in [4.69, 9.17) is 5.11 Å². The van der Waals surface area contributed by atoms with E-state index in [0.717, 1.165) is 12.8 Å². The van der Waals surface area contributed by atoms with Crippen molar-refractivity contribution in [1.82, 2.24) is 10.2 Å². The topological polar surface area (TPSA) is 69.6 Å². The Balaban J connectivity index is 2.53. The first-order chi connectivity index (χ1) is 7.60. The second kappa shape index (κ2) is 5.72. The van der Waals surface area contributed by atoms with E-state index in [1.165, 1.54) is 0 Å². The number of aliphatic carboxylic acids is 1. The molecule has 2 atom stereocenters. The van der Waals surface area contributed by atoms with Gasteiger partial charge in [-0.25, -0.2) is 4.79 Å². The predicted octanol–water partition coefficient (Wildman–Crippen LogP) is 1.29. The summed E-state index contributed by atoms with van der Waals surface area (Å²) in [5, 5.41) is 11.8. The van der Waals surface area contributed by atoms with Gasteiger partial charge < -0.3 is 15.3 Å². The zero-order chi connectivity index (χ0) is 12.1. The van der Waals surface area contributed by atoms with Crippen LogP contribution in [0.3, 0.4) is 0 Å². The van der Waals surface area contributed by atoms with E-state index in [1.807, 2.05) is 13.8 Å². The first-order valence-electron chi connectivity index (χ1n) is 5.88. The minimum absolute atomic E-state index is 0.150. The van der Waals surface area contributed by atoms with Gasteiger partial charge in [0.05, 0.1) is 5.92 Å². The molecule has 0 radical (unpaired) electrons. The van der Waals surface area contributed by atoms with Crippen LogP contribution in [0.2, 0.25) is 0 Å². The van der Waals surface area contributed by atoms with Gasteiger partial charge >= 0.3 is 12.0 Å². The van der Waals surface area contributed by atoms with Gasteiger partial charge in [-0.05, 0) is 26.7 Å². The van der Waals surface area contributed by atoms with Gasteiger partial charge in [0.1, 0.15) is 0 Å². The van der Waals surface area contributed by atoms with Crippen molar-refractivity contribution in [2.75, 3.05) is 13.1 Å². The molecule has 2 N–H and O–H groups in total. The number of carbonyl (C=O) groups excluding carboxylic acids is 1. The normalized spacial score (nSPS) is 24.1. The van der Waals surface area contributed by atoms with Gasteiger partial charge in [-0.2, -0.15) is 0 Å². The van der Waals surface area contributed by atoms with Crippen LogP contribution in [0, 0.1) is 5.92 Å². The summed E-state index contributed by atoms with van der Waals surface area (Å²) in [6.07, 6.45) is 2.31. The van der Waals surface area contributed by atoms with Crippen LogP contribution in [0.1, 0.15) is 33.1 Å². The summed E-state index contributed by atoms with van der Waals surface area (Å²) in [5.41, 5.74) is 0. The van der Waals surface area contributed by atoms with Crippen LogP contribution in [0.15, 0.2) is 0 Å². The largest absolute Gasteiger partial charge is 0.481 e. The van der Waals surface area contributed by atoms with Gasteiger partial charge in [-0.3, -0.25) is 4.79 Å². The summed E-state index contributed by atoms with van der Waals surface area (Å²) in [5.74, 6) is -1.22. The number of carboxylic acids is 1. The molecule has 0 saturated heterocycles. The van der Waals surface area contributed by atoms with Crippen molar-refractivity contribution in [3.8, 4) is 0 Å². The Bertz CT molecular complexity index is 264. The number of nitrogens with one attached hydrogen (secondary N) is 1. The van der Waals surface area contributed by atoms with Crippen molar-refractivity contribution in [1.29, 1.82) is 0 Å². The summed E-state index contributed by atoms with van der Waals surface area (Å²) in [4.78, 5) is 24.4. The lowest BCUT2D eigenvalue weighted by Crippen LogP contribution is -2.47. The van der Waals surface area contributed by atoms with Gasteiger partial charge in [0, 0.05) is 19.1 Å². The van der Waals surface area contributed by atoms with E-state index >= 15 is 0 Å². The van der Waals surface area contributed by atoms with Gasteiger partial charge in [0.15, 0.2) is 0 Å². The van der Waals surface area contributed by atoms with E-state index in [2.05, 4.69) is 5.32 Å². The SMILES string of the molecule is CCN(CC)C(=O)NC1CCCC1C(=O)O. The third-order valence-corrected chi connectivity index (χ3v) is 3.19. The second-order valence-corrected chi connectivity index (χ2v) is 4.10. The van der Waals surface area contributed by atoms with E-state index in [1.54, 1.807) is 4.90 Å². The molecule has 0 aliphatic heterocycles. The van der Waals surface area contributed by atoms with Crippen molar-refractivity contribution in [3.05, 3.63) is 0 Å². The molecule has 5 heteroatoms. The Hall–Kier alpha value is -1.26. The summed E-state index contributed by atoms with van der Waals surface area (Å²) in [6, 6.07) is -0.353. The summed E-state index contributed by atoms with van der Waals surface area (Å²) < 4.78 is 0. The summed E-state index contributed by atoms with van der Waals surface area (Å²) in [6.45, 7) is 5.11. The molecule has 0 spiro atoms. The third-order valence-electron chi connectivity index (χ3n) is 3.19. The summed E-state index contributed by atoms with van der Waals surface area (Å²) >= 11 is 0. The Labute approximate surface area is 95.8 Å². The Morgan fingerprint density at radius 1 is 1.31 bits per heavy atom. The minimum Gasteiger partial charge on any atom is -0.481 e. The fourth-order valence-electron chi connectivity index (χ4n) is 2.19. The quantitative estimate of drug-likeness (QED) is 0.761. The minimum atomic E-state index is -0.803. The Morgan fingerprint density at radius 3 is 2.44 bits per heavy atom. The van der Waals surface area contributed by atoms with Crippen molar-refractivity contribution >= 4 is 12.0 Å². The van der Waals surface area contributed by atoms with Crippen molar-refractivity contribution < 1.29 is 14.7 Å². The highest BCUT2D eigenvalue weighted by Crippen LogP contribution is 2.25. The average Bonchev–Trinajstić information content (AvgIpc) is 2.67. The highest BCUT2D eigenvalue weighted by atomic mass is 16.4. The molecule has 0 aromatic heterocycles. The molecule has 1 saturated carbocycles. The van der Waals surface area contributed by atoms with Crippen LogP contribution >= 0.6 is 0 Å². The Kier molecular flexibility index (Phi) is 4.58. The second-order valence-electron chi connectivity index (χ2n) is 4.10. The molecule has 2 amide bonds. The zero-order valence-corrected chi connectivity index (χ0v) is 9.90. The van der Waals surface area contributed by atoms with Crippen molar-refractivity contribution in [3.63, 3.8) is 0 Å². The molecule has 0 aromatic carbocycles. The number of hydrogen-bond acceptors (Lipinski definition) is 2. The molecule has 0 aromatic rings. The molecule has 5 nitrogen and oxygen atoms in total. The smallest absolute Gasteiger partial charge is 0.317 e. The lowest BCUT2D eigenvalue weighted by Gasteiger charge is -2.24. The van der Waals surface area contributed by atoms with Crippen LogP contribution in [-0.2, 0) is 4.79 Å². The summed E-state index contributed by atoms with van der Waals surface area (Å²) in [7, 11) is 0. The van der Waals surface area contributed by atoms with Gasteiger partial charge in [-0.15, -0.1) is 0 Å². The van der Waals surface area contributed by atoms with E-state index in [0.29, 0.717) is 19.5 Å². The number of rotatable bonds is 4. The number of amides is 2. The van der Waals surface area contributed by atoms with Crippen LogP contribution in [0.25, 0.3) is 0 Å². The maximum Gasteiger partial charge on any atom is 0.317 e. The van der Waals surface area contributed by atoms with Crippen LogP contribution < -0.4 is 5.32 Å². The van der Waals surface area contributed by atoms with Crippen LogP contribution in [0.4, 0.5) is 4.79 Å². The molecule has 1 rings (SSSR count). The molecule has 1 fully saturated rings. The number of nitrogens with zero attached hydrogens (tertiary/aromatic N) is 1. The number of urea groups is 1. The lowest BCUT2D eigenvalue weighted by atomic mass is 10.0. The van der Waals surface area contributed by atoms with Gasteiger partial charge in [-0.1, -0.05) is 6.42 Å². The predicted molar refractivity (Wildman–Crippen MR) is 60.2 cm³/mol. The van der Waals surface area contributed by atoms with E-state index < -0.39 is 11.9 Å². The molecule has 0 bridgehead atoms. The molecular formula is C11H20N2O3. The first-order valence-corrected chi connectivity index (χ1v) is 5.88. The van der Waals surface area contributed by atoms with E-state index in [9.17, 15) is 9.59 Å². The molecule has 16 heavy (non-hydrogen) atoms. The monoisotopic (exact) mass is 228 g/mol. The fourth-order valence-corrected chi connectivity index (χ4v) is 2.19. The van der Waals surface area contributed by atoms with E-state index in [-0.39, 0.29) is 12.1 Å². The van der Waals surface area contributed by atoms with Crippen LogP contribution in [-0.4, -0.2) is 41.1 Å². The standard InChI is InChI=1S/C11H20N2O3/c1-3-13(4-2)11(16)12-9-7-5-6-8(9)10(14)15/h8-9H,3-7H2,1-2H3,(H,12,16)(H,14,15). The molecule has 92 valence electrons. The molecule has 2 unspecified atom stereocenters. The number of carbonyl (C=O) groups is 2. The molecule has 0 heterocycles. The lowest BCUT2D eigenvalue weighted by molar-refractivity contribution is -0.142. The molecule has 1 aliphatic carbocycles. The van der Waals surface area contributed by atoms with Crippen LogP contribution in [0.5, 0.6) is 0 Å². The third kappa shape index (κ3) is 2.87. The molecule has 1 aliphatic rings. The maximum absolute atomic E-state index is 11.8. The highest BCUT2D eigenvalue weighted by Gasteiger charge is 2.34. The highest BCUT2D eigenvalue weighted by molar-refractivity contribution is 5.77. The fraction of sp³-hybridized carbons (Fsp3) is 0.818. The zero-order valence-electron chi connectivity index (χ0n) is 9.90.